The summed E-state index contributed by atoms with van der Waals surface area (Å²) in [5.41, 5.74) is 6.85. The number of benzene rings is 3. The molecule has 0 aromatic heterocycles. The zero-order chi connectivity index (χ0) is 20.1. The van der Waals surface area contributed by atoms with Crippen LogP contribution in [0, 0.1) is 0 Å². The van der Waals surface area contributed by atoms with Crippen LogP contribution < -0.4 is 11.1 Å². The molecule has 3 rings (SSSR count). The van der Waals surface area contributed by atoms with Crippen molar-refractivity contribution in [2.24, 2.45) is 5.73 Å². The molecule has 6 heteroatoms. The van der Waals surface area contributed by atoms with Crippen molar-refractivity contribution in [1.82, 2.24) is 0 Å². The molecule has 0 unspecified atom stereocenters. The molecule has 0 bridgehead atoms. The Balaban J connectivity index is 1.60. The molecule has 0 aliphatic carbocycles. The van der Waals surface area contributed by atoms with E-state index in [-0.39, 0.29) is 6.42 Å². The lowest BCUT2D eigenvalue weighted by Gasteiger charge is -2.14. The van der Waals surface area contributed by atoms with Crippen molar-refractivity contribution in [2.75, 3.05) is 5.32 Å². The third kappa shape index (κ3) is 4.54. The molecule has 2 amide bonds. The van der Waals surface area contributed by atoms with E-state index in [1.807, 2.05) is 42.5 Å². The number of hydrogen-bond acceptors (Lipinski definition) is 4. The number of hydrogen-bond donors (Lipinski definition) is 2. The molecule has 0 aliphatic rings. The van der Waals surface area contributed by atoms with Gasteiger partial charge in [0.2, 0.25) is 5.91 Å². The molecule has 1 atom stereocenters. The number of nitrogens with two attached hydrogens (primary N) is 1. The van der Waals surface area contributed by atoms with E-state index in [0.717, 1.165) is 16.3 Å². The highest BCUT2D eigenvalue weighted by Gasteiger charge is 2.19. The second-order valence-corrected chi connectivity index (χ2v) is 6.38. The number of ether oxygens (including phenoxy) is 1. The van der Waals surface area contributed by atoms with Gasteiger partial charge >= 0.3 is 5.97 Å². The zero-order valence-electron chi connectivity index (χ0n) is 15.3. The zero-order valence-corrected chi connectivity index (χ0v) is 15.3. The summed E-state index contributed by atoms with van der Waals surface area (Å²) in [4.78, 5) is 35.6. The Bertz CT molecular complexity index is 1020. The molecule has 0 fully saturated rings. The van der Waals surface area contributed by atoms with Gasteiger partial charge in [0.05, 0.1) is 6.42 Å². The molecular formula is C22H20N2O4. The molecule has 0 saturated carbocycles. The molecule has 3 aromatic carbocycles. The first kappa shape index (κ1) is 19.1. The van der Waals surface area contributed by atoms with Gasteiger partial charge in [-0.3, -0.25) is 14.4 Å². The van der Waals surface area contributed by atoms with E-state index in [1.54, 1.807) is 12.1 Å². The van der Waals surface area contributed by atoms with Crippen molar-refractivity contribution in [1.29, 1.82) is 0 Å². The highest BCUT2D eigenvalue weighted by Crippen LogP contribution is 2.19. The monoisotopic (exact) mass is 376 g/mol. The van der Waals surface area contributed by atoms with Gasteiger partial charge in [0.1, 0.15) is 0 Å². The van der Waals surface area contributed by atoms with Crippen LogP contribution in [-0.2, 0) is 20.7 Å². The average molecular weight is 376 g/mol. The van der Waals surface area contributed by atoms with Gasteiger partial charge in [0, 0.05) is 11.3 Å². The van der Waals surface area contributed by atoms with E-state index in [4.69, 9.17) is 10.5 Å². The second kappa shape index (κ2) is 8.35. The van der Waals surface area contributed by atoms with E-state index in [0.29, 0.717) is 11.3 Å². The maximum absolute atomic E-state index is 12.3. The van der Waals surface area contributed by atoms with Gasteiger partial charge in [-0.2, -0.15) is 0 Å². The number of fused-ring (bicyclic) bond motifs is 1. The van der Waals surface area contributed by atoms with Crippen molar-refractivity contribution in [3.8, 4) is 0 Å². The number of rotatable bonds is 6. The third-order valence-electron chi connectivity index (χ3n) is 4.33. The smallest absolute Gasteiger partial charge is 0.311 e. The molecule has 0 aliphatic heterocycles. The first-order chi connectivity index (χ1) is 13.4. The minimum Gasteiger partial charge on any atom is -0.452 e. The first-order valence-corrected chi connectivity index (χ1v) is 8.81. The summed E-state index contributed by atoms with van der Waals surface area (Å²) in [6, 6.07) is 19.6. The van der Waals surface area contributed by atoms with Crippen LogP contribution in [0.5, 0.6) is 0 Å². The number of amides is 2. The number of carbonyl (C=O) groups is 3. The number of anilines is 1. The normalized spacial score (nSPS) is 11.6. The molecule has 0 radical (unpaired) electrons. The number of carbonyl (C=O) groups excluding carboxylic acids is 3. The number of primary amides is 1. The Morgan fingerprint density at radius 1 is 0.964 bits per heavy atom. The minimum atomic E-state index is -0.960. The van der Waals surface area contributed by atoms with Crippen LogP contribution in [-0.4, -0.2) is 23.9 Å². The predicted molar refractivity (Wildman–Crippen MR) is 107 cm³/mol. The lowest BCUT2D eigenvalue weighted by atomic mass is 10.0. The van der Waals surface area contributed by atoms with E-state index < -0.39 is 23.9 Å². The van der Waals surface area contributed by atoms with Gasteiger partial charge in [-0.1, -0.05) is 42.5 Å². The Labute approximate surface area is 162 Å². The van der Waals surface area contributed by atoms with Gasteiger partial charge in [-0.25, -0.2) is 0 Å². The molecule has 6 nitrogen and oxygen atoms in total. The summed E-state index contributed by atoms with van der Waals surface area (Å²) >= 11 is 0. The van der Waals surface area contributed by atoms with Crippen molar-refractivity contribution in [3.63, 3.8) is 0 Å². The Hall–Kier alpha value is -3.67. The van der Waals surface area contributed by atoms with Gasteiger partial charge in [0.25, 0.3) is 5.91 Å². The molecule has 0 spiro atoms. The van der Waals surface area contributed by atoms with Crippen molar-refractivity contribution < 1.29 is 19.1 Å². The quantitative estimate of drug-likeness (QED) is 0.646. The molecular weight excluding hydrogens is 356 g/mol. The summed E-state index contributed by atoms with van der Waals surface area (Å²) in [5, 5.41) is 4.66. The summed E-state index contributed by atoms with van der Waals surface area (Å²) in [6.07, 6.45) is -0.884. The van der Waals surface area contributed by atoms with Crippen molar-refractivity contribution in [3.05, 3.63) is 77.9 Å². The first-order valence-electron chi connectivity index (χ1n) is 8.81. The van der Waals surface area contributed by atoms with Crippen LogP contribution in [0.2, 0.25) is 0 Å². The minimum absolute atomic E-state index is 0.0757. The fourth-order valence-corrected chi connectivity index (χ4v) is 2.86. The van der Waals surface area contributed by atoms with Gasteiger partial charge in [-0.15, -0.1) is 0 Å². The largest absolute Gasteiger partial charge is 0.452 e. The molecule has 3 aromatic rings. The fraction of sp³-hybridized carbons (Fsp3) is 0.136. The number of esters is 1. The van der Waals surface area contributed by atoms with Crippen LogP contribution in [0.3, 0.4) is 0 Å². The molecule has 0 heterocycles. The van der Waals surface area contributed by atoms with Crippen LogP contribution in [0.25, 0.3) is 10.8 Å². The third-order valence-corrected chi connectivity index (χ3v) is 4.33. The standard InChI is InChI=1S/C22H20N2O4/c1-14(22(27)24-18-11-9-16(10-12-18)21(23)26)28-20(25)13-17-7-4-6-15-5-2-3-8-19(15)17/h2-12,14H,13H2,1H3,(H2,23,26)(H,24,27)/t14-/m0/s1. The van der Waals surface area contributed by atoms with E-state index in [9.17, 15) is 14.4 Å². The SMILES string of the molecule is C[C@H](OC(=O)Cc1cccc2ccccc12)C(=O)Nc1ccc(C(N)=O)cc1. The maximum atomic E-state index is 12.3. The predicted octanol–water partition coefficient (Wildman–Crippen LogP) is 3.05. The molecule has 142 valence electrons. The molecule has 28 heavy (non-hydrogen) atoms. The fourth-order valence-electron chi connectivity index (χ4n) is 2.86. The number of nitrogens with one attached hydrogen (secondary N) is 1. The average Bonchev–Trinajstić information content (AvgIpc) is 2.68. The summed E-state index contributed by atoms with van der Waals surface area (Å²) < 4.78 is 5.27. The lowest BCUT2D eigenvalue weighted by molar-refractivity contribution is -0.152. The van der Waals surface area contributed by atoms with Crippen molar-refractivity contribution >= 4 is 34.2 Å². The highest BCUT2D eigenvalue weighted by atomic mass is 16.5. The Morgan fingerprint density at radius 3 is 2.36 bits per heavy atom. The topological polar surface area (TPSA) is 98.5 Å². The van der Waals surface area contributed by atoms with E-state index >= 15 is 0 Å². The summed E-state index contributed by atoms with van der Waals surface area (Å²) in [7, 11) is 0. The molecule has 0 saturated heterocycles. The highest BCUT2D eigenvalue weighted by molar-refractivity contribution is 5.97. The Morgan fingerprint density at radius 2 is 1.64 bits per heavy atom. The van der Waals surface area contributed by atoms with Gasteiger partial charge in [-0.05, 0) is 47.5 Å². The lowest BCUT2D eigenvalue weighted by Crippen LogP contribution is -2.30. The van der Waals surface area contributed by atoms with Gasteiger partial charge in [0.15, 0.2) is 6.10 Å². The van der Waals surface area contributed by atoms with Crippen LogP contribution in [0.1, 0.15) is 22.8 Å². The van der Waals surface area contributed by atoms with Gasteiger partial charge < -0.3 is 15.8 Å². The van der Waals surface area contributed by atoms with Crippen LogP contribution in [0.4, 0.5) is 5.69 Å². The maximum Gasteiger partial charge on any atom is 0.311 e. The van der Waals surface area contributed by atoms with Crippen LogP contribution in [0.15, 0.2) is 66.7 Å². The molecule has 3 N–H and O–H groups in total. The summed E-state index contributed by atoms with van der Waals surface area (Å²) in [5.74, 6) is -1.49. The Kier molecular flexibility index (Phi) is 5.69. The van der Waals surface area contributed by atoms with E-state index in [1.165, 1.54) is 19.1 Å². The van der Waals surface area contributed by atoms with Crippen LogP contribution >= 0.6 is 0 Å². The second-order valence-electron chi connectivity index (χ2n) is 6.38. The van der Waals surface area contributed by atoms with E-state index in [2.05, 4.69) is 5.32 Å². The summed E-state index contributed by atoms with van der Waals surface area (Å²) in [6.45, 7) is 1.51. The van der Waals surface area contributed by atoms with Crippen molar-refractivity contribution in [2.45, 2.75) is 19.4 Å².